The van der Waals surface area contributed by atoms with Gasteiger partial charge in [0.1, 0.15) is 0 Å². The number of rotatable bonds is 1. The minimum atomic E-state index is -0.261. The van der Waals surface area contributed by atoms with Gasteiger partial charge < -0.3 is 4.90 Å². The molecule has 0 aliphatic carbocycles. The van der Waals surface area contributed by atoms with Crippen LogP contribution in [-0.2, 0) is 4.79 Å². The summed E-state index contributed by atoms with van der Waals surface area (Å²) >= 11 is 3.53. The molecular weight excluding hydrogens is 302 g/mol. The number of nitrogens with zero attached hydrogens (tertiary/aromatic N) is 1. The number of benzene rings is 1. The summed E-state index contributed by atoms with van der Waals surface area (Å²) in [6, 6.07) is 8.54. The molecule has 1 aliphatic rings. The summed E-state index contributed by atoms with van der Waals surface area (Å²) in [4.78, 5) is 14.3. The molecule has 0 radical (unpaired) electrons. The molecule has 2 nitrogen and oxygen atoms in total. The lowest BCUT2D eigenvalue weighted by Gasteiger charge is -2.36. The SMILES string of the molecule is CC(C)(C)C(=O)N1CCC(c2cccc(Br)c2)CC1. The molecule has 0 aromatic heterocycles. The fraction of sp³-hybridized carbons (Fsp3) is 0.562. The molecule has 0 bridgehead atoms. The van der Waals surface area contributed by atoms with E-state index in [4.69, 9.17) is 0 Å². The number of hydrogen-bond donors (Lipinski definition) is 0. The van der Waals surface area contributed by atoms with Crippen molar-refractivity contribution in [3.05, 3.63) is 34.3 Å². The number of hydrogen-bond acceptors (Lipinski definition) is 1. The second-order valence-corrected chi connectivity index (χ2v) is 7.29. The molecule has 0 unspecified atom stereocenters. The molecule has 104 valence electrons. The van der Waals surface area contributed by atoms with Gasteiger partial charge in [-0.05, 0) is 36.5 Å². The predicted molar refractivity (Wildman–Crippen MR) is 82.2 cm³/mol. The molecule has 1 aromatic rings. The maximum Gasteiger partial charge on any atom is 0.227 e. The van der Waals surface area contributed by atoms with Crippen LogP contribution >= 0.6 is 15.9 Å². The molecule has 3 heteroatoms. The first kappa shape index (κ1) is 14.6. The highest BCUT2D eigenvalue weighted by atomic mass is 79.9. The highest BCUT2D eigenvalue weighted by molar-refractivity contribution is 9.10. The second kappa shape index (κ2) is 5.66. The van der Waals surface area contributed by atoms with Crippen molar-refractivity contribution >= 4 is 21.8 Å². The lowest BCUT2D eigenvalue weighted by molar-refractivity contribution is -0.140. The summed E-state index contributed by atoms with van der Waals surface area (Å²) in [6.07, 6.45) is 2.14. The van der Waals surface area contributed by atoms with Crippen LogP contribution in [0.5, 0.6) is 0 Å². The molecule has 1 saturated heterocycles. The average Bonchev–Trinajstić information content (AvgIpc) is 2.37. The topological polar surface area (TPSA) is 20.3 Å². The van der Waals surface area contributed by atoms with Gasteiger partial charge in [0.15, 0.2) is 0 Å². The third-order valence-electron chi connectivity index (χ3n) is 3.74. The van der Waals surface area contributed by atoms with Gasteiger partial charge in [0, 0.05) is 23.0 Å². The zero-order chi connectivity index (χ0) is 14.0. The highest BCUT2D eigenvalue weighted by Gasteiger charge is 2.30. The van der Waals surface area contributed by atoms with Crippen molar-refractivity contribution in [3.63, 3.8) is 0 Å². The van der Waals surface area contributed by atoms with Gasteiger partial charge in [0.25, 0.3) is 0 Å². The van der Waals surface area contributed by atoms with Gasteiger partial charge in [-0.2, -0.15) is 0 Å². The summed E-state index contributed by atoms with van der Waals surface area (Å²) in [7, 11) is 0. The van der Waals surface area contributed by atoms with Gasteiger partial charge in [0.2, 0.25) is 5.91 Å². The molecule has 0 atom stereocenters. The van der Waals surface area contributed by atoms with E-state index in [0.717, 1.165) is 30.4 Å². The fourth-order valence-electron chi connectivity index (χ4n) is 2.65. The molecule has 1 amide bonds. The van der Waals surface area contributed by atoms with Crippen LogP contribution in [0.3, 0.4) is 0 Å². The largest absolute Gasteiger partial charge is 0.342 e. The molecule has 1 aliphatic heterocycles. The Morgan fingerprint density at radius 3 is 2.42 bits per heavy atom. The van der Waals surface area contributed by atoms with E-state index in [2.05, 4.69) is 40.2 Å². The molecule has 1 fully saturated rings. The smallest absolute Gasteiger partial charge is 0.227 e. The first-order valence-electron chi connectivity index (χ1n) is 6.93. The Kier molecular flexibility index (Phi) is 4.34. The van der Waals surface area contributed by atoms with E-state index in [1.54, 1.807) is 0 Å². The Hall–Kier alpha value is -0.830. The predicted octanol–water partition coefficient (Wildman–Crippen LogP) is 4.20. The van der Waals surface area contributed by atoms with E-state index < -0.39 is 0 Å². The first-order valence-corrected chi connectivity index (χ1v) is 7.72. The molecule has 1 heterocycles. The van der Waals surface area contributed by atoms with E-state index in [-0.39, 0.29) is 11.3 Å². The van der Waals surface area contributed by atoms with E-state index >= 15 is 0 Å². The standard InChI is InChI=1S/C16H22BrNO/c1-16(2,3)15(19)18-9-7-12(8-10-18)13-5-4-6-14(17)11-13/h4-6,11-12H,7-10H2,1-3H3. The van der Waals surface area contributed by atoms with Gasteiger partial charge in [-0.1, -0.05) is 48.8 Å². The van der Waals surface area contributed by atoms with Crippen molar-refractivity contribution in [1.82, 2.24) is 4.90 Å². The van der Waals surface area contributed by atoms with E-state index in [0.29, 0.717) is 5.92 Å². The lowest BCUT2D eigenvalue weighted by Crippen LogP contribution is -2.43. The van der Waals surface area contributed by atoms with Crippen molar-refractivity contribution in [2.24, 2.45) is 5.41 Å². The number of amides is 1. The van der Waals surface area contributed by atoms with Gasteiger partial charge in [-0.15, -0.1) is 0 Å². The maximum absolute atomic E-state index is 12.2. The summed E-state index contributed by atoms with van der Waals surface area (Å²) < 4.78 is 1.14. The van der Waals surface area contributed by atoms with E-state index in [9.17, 15) is 4.79 Å². The van der Waals surface area contributed by atoms with Crippen LogP contribution in [0, 0.1) is 5.41 Å². The quantitative estimate of drug-likeness (QED) is 0.758. The zero-order valence-electron chi connectivity index (χ0n) is 11.9. The van der Waals surface area contributed by atoms with E-state index in [1.807, 2.05) is 25.7 Å². The van der Waals surface area contributed by atoms with Crippen LogP contribution in [0.25, 0.3) is 0 Å². The summed E-state index contributed by atoms with van der Waals surface area (Å²) in [5.74, 6) is 0.863. The van der Waals surface area contributed by atoms with Gasteiger partial charge >= 0.3 is 0 Å². The van der Waals surface area contributed by atoms with Gasteiger partial charge in [0.05, 0.1) is 0 Å². The number of carbonyl (C=O) groups is 1. The molecule has 2 rings (SSSR count). The minimum Gasteiger partial charge on any atom is -0.342 e. The Labute approximate surface area is 124 Å². The van der Waals surface area contributed by atoms with Crippen molar-refractivity contribution in [1.29, 1.82) is 0 Å². The van der Waals surface area contributed by atoms with Crippen molar-refractivity contribution in [2.45, 2.75) is 39.5 Å². The van der Waals surface area contributed by atoms with Crippen molar-refractivity contribution in [2.75, 3.05) is 13.1 Å². The van der Waals surface area contributed by atoms with Crippen LogP contribution in [0.2, 0.25) is 0 Å². The van der Waals surface area contributed by atoms with Crippen LogP contribution in [0.1, 0.15) is 45.1 Å². The van der Waals surface area contributed by atoms with Gasteiger partial charge in [-0.3, -0.25) is 4.79 Å². The molecule has 0 saturated carbocycles. The highest BCUT2D eigenvalue weighted by Crippen LogP contribution is 2.31. The average molecular weight is 324 g/mol. The number of piperidine rings is 1. The van der Waals surface area contributed by atoms with Crippen molar-refractivity contribution < 1.29 is 4.79 Å². The Morgan fingerprint density at radius 1 is 1.26 bits per heavy atom. The van der Waals surface area contributed by atoms with Gasteiger partial charge in [-0.25, -0.2) is 0 Å². The Bertz CT molecular complexity index is 456. The first-order chi connectivity index (χ1) is 8.88. The summed E-state index contributed by atoms with van der Waals surface area (Å²) in [6.45, 7) is 7.75. The molecular formula is C16H22BrNO. The van der Waals surface area contributed by atoms with Crippen molar-refractivity contribution in [3.8, 4) is 0 Å². The third-order valence-corrected chi connectivity index (χ3v) is 4.24. The van der Waals surface area contributed by atoms with E-state index in [1.165, 1.54) is 5.56 Å². The third kappa shape index (κ3) is 3.59. The van der Waals surface area contributed by atoms with Crippen LogP contribution in [0.15, 0.2) is 28.7 Å². The molecule has 0 spiro atoms. The molecule has 19 heavy (non-hydrogen) atoms. The Morgan fingerprint density at radius 2 is 1.89 bits per heavy atom. The summed E-state index contributed by atoms with van der Waals surface area (Å²) in [5, 5.41) is 0. The number of carbonyl (C=O) groups excluding carboxylic acids is 1. The minimum absolute atomic E-state index is 0.261. The van der Waals surface area contributed by atoms with Crippen LogP contribution in [0.4, 0.5) is 0 Å². The monoisotopic (exact) mass is 323 g/mol. The van der Waals surface area contributed by atoms with Crippen LogP contribution in [-0.4, -0.2) is 23.9 Å². The molecule has 1 aromatic carbocycles. The number of likely N-dealkylation sites (tertiary alicyclic amines) is 1. The summed E-state index contributed by atoms with van der Waals surface area (Å²) in [5.41, 5.74) is 1.13. The Balaban J connectivity index is 1.98. The lowest BCUT2D eigenvalue weighted by atomic mass is 9.87. The second-order valence-electron chi connectivity index (χ2n) is 6.37. The zero-order valence-corrected chi connectivity index (χ0v) is 13.5. The number of halogens is 1. The van der Waals surface area contributed by atoms with Crippen LogP contribution < -0.4 is 0 Å². The molecule has 0 N–H and O–H groups in total. The maximum atomic E-state index is 12.2. The normalized spacial score (nSPS) is 17.6. The fourth-order valence-corrected chi connectivity index (χ4v) is 3.07.